The summed E-state index contributed by atoms with van der Waals surface area (Å²) in [6.07, 6.45) is 6.77. The van der Waals surface area contributed by atoms with Gasteiger partial charge in [0.05, 0.1) is 11.0 Å². The third-order valence-electron chi connectivity index (χ3n) is 9.18. The molecule has 0 saturated heterocycles. The molecule has 9 rings (SSSR count). The van der Waals surface area contributed by atoms with Gasteiger partial charge in [-0.2, -0.15) is 0 Å². The Morgan fingerprint density at radius 2 is 1.28 bits per heavy atom. The lowest BCUT2D eigenvalue weighted by atomic mass is 9.90. The van der Waals surface area contributed by atoms with E-state index in [9.17, 15) is 0 Å². The molecule has 0 aliphatic heterocycles. The summed E-state index contributed by atoms with van der Waals surface area (Å²) in [7, 11) is 0. The Kier molecular flexibility index (Phi) is 6.44. The quantitative estimate of drug-likeness (QED) is 0.184. The van der Waals surface area contributed by atoms with Crippen molar-refractivity contribution in [2.24, 2.45) is 0 Å². The lowest BCUT2D eigenvalue weighted by Gasteiger charge is -2.15. The Labute approximate surface area is 273 Å². The third kappa shape index (κ3) is 4.32. The van der Waals surface area contributed by atoms with Gasteiger partial charge < -0.3 is 4.57 Å². The van der Waals surface area contributed by atoms with Crippen LogP contribution in [0.2, 0.25) is 0 Å². The number of thiophene rings is 1. The number of fused-ring (bicyclic) bond motifs is 4. The molecule has 0 saturated carbocycles. The summed E-state index contributed by atoms with van der Waals surface area (Å²) >= 11 is 1.93. The average molecular weight is 604 g/mol. The first-order valence-corrected chi connectivity index (χ1v) is 16.7. The molecule has 8 aromatic rings. The van der Waals surface area contributed by atoms with Crippen LogP contribution in [0.3, 0.4) is 0 Å². The fraction of sp³-hybridized carbons (Fsp3) is 0.0455. The molecule has 2 aromatic heterocycles. The maximum atomic E-state index is 3.45. The van der Waals surface area contributed by atoms with E-state index < -0.39 is 0 Å². The summed E-state index contributed by atoms with van der Waals surface area (Å²) in [6, 6.07) is 56.9. The number of benzene rings is 5. The molecule has 0 atom stereocenters. The van der Waals surface area contributed by atoms with Gasteiger partial charge in [-0.05, 0) is 71.5 Å². The van der Waals surface area contributed by atoms with Crippen molar-refractivity contribution in [2.75, 3.05) is 0 Å². The topological polar surface area (TPSA) is 4.93 Å². The smallest absolute Gasteiger partial charge is 0.0541 e. The molecule has 1 aliphatic carbocycles. The second-order valence-electron chi connectivity index (χ2n) is 11.8. The van der Waals surface area contributed by atoms with Gasteiger partial charge in [-0.15, -0.1) is 11.3 Å². The number of hydrogen-bond acceptors (Lipinski definition) is 1. The summed E-state index contributed by atoms with van der Waals surface area (Å²) in [4.78, 5) is 2.68. The van der Waals surface area contributed by atoms with Gasteiger partial charge in [-0.3, -0.25) is 0 Å². The number of rotatable bonds is 5. The van der Waals surface area contributed by atoms with Crippen molar-refractivity contribution in [3.63, 3.8) is 0 Å². The first kappa shape index (κ1) is 26.8. The molecule has 6 aromatic carbocycles. The van der Waals surface area contributed by atoms with E-state index in [0.29, 0.717) is 0 Å². The first-order chi connectivity index (χ1) is 22.8. The van der Waals surface area contributed by atoms with Crippen molar-refractivity contribution >= 4 is 39.2 Å². The Hall–Kier alpha value is -5.62. The highest BCUT2D eigenvalue weighted by atomic mass is 32.1. The molecule has 2 heteroatoms. The number of aromatic nitrogens is 1. The van der Waals surface area contributed by atoms with Gasteiger partial charge in [-0.25, -0.2) is 0 Å². The number of allylic oxidation sites excluding steroid dienone is 1. The summed E-state index contributed by atoms with van der Waals surface area (Å²) < 4.78 is 2.40. The maximum absolute atomic E-state index is 3.45. The van der Waals surface area contributed by atoms with E-state index in [1.807, 2.05) is 17.4 Å². The second kappa shape index (κ2) is 11.1. The molecular formula is C44H29NS. The maximum Gasteiger partial charge on any atom is 0.0541 e. The summed E-state index contributed by atoms with van der Waals surface area (Å²) in [5.74, 6) is 0. The lowest BCUT2D eigenvalue weighted by Crippen LogP contribution is -1.97. The summed E-state index contributed by atoms with van der Waals surface area (Å²) in [5, 5.41) is 2.54. The van der Waals surface area contributed by atoms with Crippen LogP contribution >= 0.6 is 11.3 Å². The van der Waals surface area contributed by atoms with Crippen molar-refractivity contribution < 1.29 is 0 Å². The highest BCUT2D eigenvalue weighted by Crippen LogP contribution is 2.49. The van der Waals surface area contributed by atoms with Crippen LogP contribution < -0.4 is 0 Å². The van der Waals surface area contributed by atoms with Crippen molar-refractivity contribution in [1.29, 1.82) is 0 Å². The number of hydrogen-bond donors (Lipinski definition) is 0. The molecular weight excluding hydrogens is 575 g/mol. The molecule has 1 aliphatic rings. The predicted octanol–water partition coefficient (Wildman–Crippen LogP) is 12.1. The molecule has 0 bridgehead atoms. The van der Waals surface area contributed by atoms with Crippen LogP contribution in [-0.2, 0) is 6.42 Å². The molecule has 216 valence electrons. The van der Waals surface area contributed by atoms with E-state index in [-0.39, 0.29) is 0 Å². The molecule has 0 unspecified atom stereocenters. The van der Waals surface area contributed by atoms with E-state index in [4.69, 9.17) is 0 Å². The zero-order valence-electron chi connectivity index (χ0n) is 25.2. The molecule has 46 heavy (non-hydrogen) atoms. The molecule has 0 fully saturated rings. The Morgan fingerprint density at radius 1 is 0.587 bits per heavy atom. The fourth-order valence-corrected chi connectivity index (χ4v) is 8.52. The van der Waals surface area contributed by atoms with Gasteiger partial charge in [-0.1, -0.05) is 127 Å². The minimum atomic E-state index is 1.03. The standard InChI is InChI=1S/C44H29NS/c1-3-15-30(16-4-1)33-19-7-8-22-36(33)43-37-23-9-10-24-38(37)44(46-43)39-28-27-32(29-40(39)31-17-5-2-6-18-31)45-41-25-13-11-20-34(41)35-21-12-14-26-42(35)45/h1-5,7-9,11-17,19-23,25-29H,10,24H2. The van der Waals surface area contributed by atoms with E-state index in [2.05, 4.69) is 162 Å². The van der Waals surface area contributed by atoms with Crippen LogP contribution in [0.5, 0.6) is 0 Å². The van der Waals surface area contributed by atoms with Crippen LogP contribution in [0.15, 0.2) is 146 Å². The van der Waals surface area contributed by atoms with E-state index in [1.165, 1.54) is 70.5 Å². The van der Waals surface area contributed by atoms with Gasteiger partial charge >= 0.3 is 0 Å². The van der Waals surface area contributed by atoms with Gasteiger partial charge in [0, 0.05) is 48.5 Å². The minimum absolute atomic E-state index is 1.03. The molecule has 0 amide bonds. The van der Waals surface area contributed by atoms with Crippen LogP contribution in [0.1, 0.15) is 17.5 Å². The van der Waals surface area contributed by atoms with Gasteiger partial charge in [0.2, 0.25) is 0 Å². The van der Waals surface area contributed by atoms with Crippen molar-refractivity contribution in [3.05, 3.63) is 169 Å². The van der Waals surface area contributed by atoms with Crippen LogP contribution in [0.25, 0.3) is 76.7 Å². The van der Waals surface area contributed by atoms with Crippen LogP contribution in [0, 0.1) is 12.1 Å². The zero-order valence-corrected chi connectivity index (χ0v) is 26.0. The van der Waals surface area contributed by atoms with Crippen molar-refractivity contribution in [2.45, 2.75) is 12.8 Å². The lowest BCUT2D eigenvalue weighted by molar-refractivity contribution is 0.996. The molecule has 2 heterocycles. The van der Waals surface area contributed by atoms with Crippen molar-refractivity contribution in [3.8, 4) is 48.8 Å². The highest BCUT2D eigenvalue weighted by Gasteiger charge is 2.24. The zero-order chi connectivity index (χ0) is 30.5. The van der Waals surface area contributed by atoms with Crippen LogP contribution in [0.4, 0.5) is 0 Å². The SMILES string of the molecule is c1cccc(-c2cc(-n3c4ccccc4c4ccccc43)ccc2-c2sc(-c3ccccc3-c3ccccc3)c3c2CCC=C3)c#1. The number of nitrogens with zero attached hydrogens (tertiary/aromatic N) is 1. The third-order valence-corrected chi connectivity index (χ3v) is 10.5. The van der Waals surface area contributed by atoms with Gasteiger partial charge in [0.15, 0.2) is 0 Å². The molecule has 0 N–H and O–H groups in total. The van der Waals surface area contributed by atoms with Gasteiger partial charge in [0.25, 0.3) is 0 Å². The van der Waals surface area contributed by atoms with Crippen molar-refractivity contribution in [1.82, 2.24) is 4.57 Å². The number of para-hydroxylation sites is 2. The fourth-order valence-electron chi connectivity index (χ4n) is 7.10. The van der Waals surface area contributed by atoms with Crippen LogP contribution in [-0.4, -0.2) is 4.57 Å². The molecule has 0 spiro atoms. The average Bonchev–Trinajstić information content (AvgIpc) is 3.69. The Balaban J connectivity index is 1.29. The summed E-state index contributed by atoms with van der Waals surface area (Å²) in [6.45, 7) is 0. The second-order valence-corrected chi connectivity index (χ2v) is 12.8. The largest absolute Gasteiger partial charge is 0.309 e. The predicted molar refractivity (Wildman–Crippen MR) is 195 cm³/mol. The molecule has 0 radical (unpaired) electrons. The first-order valence-electron chi connectivity index (χ1n) is 15.8. The normalized spacial score (nSPS) is 12.3. The van der Waals surface area contributed by atoms with E-state index in [0.717, 1.165) is 24.1 Å². The Bertz CT molecular complexity index is 2350. The van der Waals surface area contributed by atoms with E-state index >= 15 is 0 Å². The monoisotopic (exact) mass is 603 g/mol. The molecule has 1 nitrogen and oxygen atoms in total. The minimum Gasteiger partial charge on any atom is -0.309 e. The highest BCUT2D eigenvalue weighted by molar-refractivity contribution is 7.19. The van der Waals surface area contributed by atoms with E-state index in [1.54, 1.807) is 0 Å². The van der Waals surface area contributed by atoms with Gasteiger partial charge in [0.1, 0.15) is 0 Å². The Morgan fingerprint density at radius 3 is 2.04 bits per heavy atom. The summed E-state index contributed by atoms with van der Waals surface area (Å²) in [5.41, 5.74) is 13.7.